The van der Waals surface area contributed by atoms with Crippen molar-refractivity contribution in [1.82, 2.24) is 5.32 Å². The van der Waals surface area contributed by atoms with Crippen molar-refractivity contribution in [2.45, 2.75) is 13.0 Å². The fourth-order valence-electron chi connectivity index (χ4n) is 1.69. The van der Waals surface area contributed by atoms with Crippen molar-refractivity contribution in [2.24, 2.45) is 0 Å². The quantitative estimate of drug-likeness (QED) is 0.864. The van der Waals surface area contributed by atoms with Crippen LogP contribution in [0.3, 0.4) is 0 Å². The fraction of sp³-hybridized carbons (Fsp3) is 0.200. The molecule has 21 heavy (non-hydrogen) atoms. The lowest BCUT2D eigenvalue weighted by molar-refractivity contribution is -0.147. The van der Waals surface area contributed by atoms with Gasteiger partial charge >= 0.3 is 5.97 Å². The van der Waals surface area contributed by atoms with Crippen LogP contribution < -0.4 is 5.32 Å². The van der Waals surface area contributed by atoms with Gasteiger partial charge in [0.05, 0.1) is 4.88 Å². The van der Waals surface area contributed by atoms with Crippen molar-refractivity contribution in [1.29, 1.82) is 0 Å². The highest BCUT2D eigenvalue weighted by atomic mass is 32.1. The first-order valence-electron chi connectivity index (χ1n) is 6.33. The van der Waals surface area contributed by atoms with Gasteiger partial charge in [0.2, 0.25) is 0 Å². The fourth-order valence-corrected chi connectivity index (χ4v) is 2.33. The Kier molecular flexibility index (Phi) is 5.05. The summed E-state index contributed by atoms with van der Waals surface area (Å²) in [6.07, 6.45) is -0.503. The van der Waals surface area contributed by atoms with Gasteiger partial charge in [0.25, 0.3) is 5.91 Å². The van der Waals surface area contributed by atoms with Crippen molar-refractivity contribution in [3.05, 3.63) is 58.0 Å². The number of carbonyl (C=O) groups excluding carboxylic acids is 2. The molecule has 1 amide bonds. The third kappa shape index (κ3) is 4.39. The maximum Gasteiger partial charge on any atom is 0.326 e. The number of ether oxygens (including phenoxy) is 1. The molecular formula is C15H14FNO3S. The van der Waals surface area contributed by atoms with Crippen LogP contribution in [0.25, 0.3) is 0 Å². The number of benzene rings is 1. The zero-order valence-corrected chi connectivity index (χ0v) is 12.2. The van der Waals surface area contributed by atoms with E-state index in [1.807, 2.05) is 0 Å². The molecule has 0 aliphatic carbocycles. The van der Waals surface area contributed by atoms with Gasteiger partial charge < -0.3 is 10.1 Å². The Balaban J connectivity index is 1.81. The summed E-state index contributed by atoms with van der Waals surface area (Å²) in [4.78, 5) is 23.8. The first-order valence-corrected chi connectivity index (χ1v) is 7.21. The van der Waals surface area contributed by atoms with Gasteiger partial charge in [-0.15, -0.1) is 11.3 Å². The molecule has 0 fully saturated rings. The van der Waals surface area contributed by atoms with E-state index in [4.69, 9.17) is 4.74 Å². The molecule has 2 rings (SSSR count). The molecule has 110 valence electrons. The average Bonchev–Trinajstić information content (AvgIpc) is 2.99. The molecule has 1 aromatic heterocycles. The molecule has 0 aliphatic heterocycles. The second kappa shape index (κ2) is 6.99. The molecule has 0 saturated heterocycles. The van der Waals surface area contributed by atoms with Crippen LogP contribution in [0.15, 0.2) is 41.8 Å². The molecule has 1 heterocycles. The molecule has 0 spiro atoms. The van der Waals surface area contributed by atoms with E-state index in [0.717, 1.165) is 0 Å². The Hall–Kier alpha value is -2.21. The van der Waals surface area contributed by atoms with Crippen molar-refractivity contribution < 1.29 is 18.7 Å². The summed E-state index contributed by atoms with van der Waals surface area (Å²) in [5.41, 5.74) is 0.689. The van der Waals surface area contributed by atoms with Crippen LogP contribution >= 0.6 is 11.3 Å². The number of halogens is 1. The van der Waals surface area contributed by atoms with Gasteiger partial charge in [0, 0.05) is 0 Å². The predicted molar refractivity (Wildman–Crippen MR) is 77.6 cm³/mol. The van der Waals surface area contributed by atoms with E-state index in [1.165, 1.54) is 23.5 Å². The summed E-state index contributed by atoms with van der Waals surface area (Å²) < 4.78 is 18.0. The summed E-state index contributed by atoms with van der Waals surface area (Å²) in [7, 11) is 0. The lowest BCUT2D eigenvalue weighted by Crippen LogP contribution is -2.30. The number of thiophene rings is 1. The number of rotatable bonds is 5. The van der Waals surface area contributed by atoms with Gasteiger partial charge in [-0.3, -0.25) is 9.59 Å². The normalized spacial score (nSPS) is 11.7. The van der Waals surface area contributed by atoms with Crippen LogP contribution in [0.2, 0.25) is 0 Å². The van der Waals surface area contributed by atoms with Gasteiger partial charge in [-0.25, -0.2) is 4.39 Å². The third-order valence-corrected chi connectivity index (χ3v) is 3.65. The van der Waals surface area contributed by atoms with Gasteiger partial charge in [-0.1, -0.05) is 18.2 Å². The molecule has 0 bridgehead atoms. The number of esters is 1. The van der Waals surface area contributed by atoms with Crippen LogP contribution in [0.4, 0.5) is 4.39 Å². The standard InChI is InChI=1S/C15H14FNO3S/c1-10(11-4-6-12(16)7-5-11)20-14(18)9-17-15(19)13-3-2-8-21-13/h2-8,10H,9H2,1H3,(H,17,19)/t10-/m0/s1. The Morgan fingerprint density at radius 1 is 1.29 bits per heavy atom. The highest BCUT2D eigenvalue weighted by Gasteiger charge is 2.13. The number of hydrogen-bond donors (Lipinski definition) is 1. The van der Waals surface area contributed by atoms with Crippen molar-refractivity contribution in [3.63, 3.8) is 0 Å². The van der Waals surface area contributed by atoms with Crippen LogP contribution in [-0.4, -0.2) is 18.4 Å². The van der Waals surface area contributed by atoms with Gasteiger partial charge in [-0.2, -0.15) is 0 Å². The molecule has 6 heteroatoms. The van der Waals surface area contributed by atoms with Crippen molar-refractivity contribution in [2.75, 3.05) is 6.54 Å². The summed E-state index contributed by atoms with van der Waals surface area (Å²) >= 11 is 1.30. The summed E-state index contributed by atoms with van der Waals surface area (Å²) in [5.74, 6) is -1.20. The van der Waals surface area contributed by atoms with E-state index in [2.05, 4.69) is 5.32 Å². The second-order valence-corrected chi connectivity index (χ2v) is 5.29. The van der Waals surface area contributed by atoms with Crippen LogP contribution in [0.5, 0.6) is 0 Å². The Labute approximate surface area is 125 Å². The van der Waals surface area contributed by atoms with E-state index in [-0.39, 0.29) is 18.3 Å². The first kappa shape index (κ1) is 15.2. The smallest absolute Gasteiger partial charge is 0.326 e. The van der Waals surface area contributed by atoms with Crippen molar-refractivity contribution in [3.8, 4) is 0 Å². The molecule has 4 nitrogen and oxygen atoms in total. The van der Waals surface area contributed by atoms with Crippen LogP contribution in [0, 0.1) is 5.82 Å². The highest BCUT2D eigenvalue weighted by Crippen LogP contribution is 2.17. The maximum absolute atomic E-state index is 12.8. The van der Waals surface area contributed by atoms with Crippen molar-refractivity contribution >= 4 is 23.2 Å². The number of amides is 1. The van der Waals surface area contributed by atoms with Crippen LogP contribution in [-0.2, 0) is 9.53 Å². The molecule has 0 unspecified atom stereocenters. The summed E-state index contributed by atoms with van der Waals surface area (Å²) in [5, 5.41) is 4.27. The maximum atomic E-state index is 12.8. The number of carbonyl (C=O) groups is 2. The molecular weight excluding hydrogens is 293 g/mol. The highest BCUT2D eigenvalue weighted by molar-refractivity contribution is 7.12. The van der Waals surface area contributed by atoms with Crippen LogP contribution in [0.1, 0.15) is 28.3 Å². The minimum atomic E-state index is -0.545. The minimum absolute atomic E-state index is 0.206. The van der Waals surface area contributed by atoms with E-state index < -0.39 is 12.1 Å². The molecule has 0 radical (unpaired) electrons. The zero-order valence-electron chi connectivity index (χ0n) is 11.3. The largest absolute Gasteiger partial charge is 0.456 e. The number of nitrogens with one attached hydrogen (secondary N) is 1. The van der Waals surface area contributed by atoms with E-state index >= 15 is 0 Å². The Morgan fingerprint density at radius 3 is 2.62 bits per heavy atom. The number of hydrogen-bond acceptors (Lipinski definition) is 4. The Morgan fingerprint density at radius 2 is 2.00 bits per heavy atom. The molecule has 0 saturated carbocycles. The van der Waals surface area contributed by atoms with E-state index in [0.29, 0.717) is 10.4 Å². The lowest BCUT2D eigenvalue weighted by Gasteiger charge is -2.13. The molecule has 0 aliphatic rings. The topological polar surface area (TPSA) is 55.4 Å². The minimum Gasteiger partial charge on any atom is -0.456 e. The zero-order chi connectivity index (χ0) is 15.2. The first-order chi connectivity index (χ1) is 10.1. The third-order valence-electron chi connectivity index (χ3n) is 2.79. The second-order valence-electron chi connectivity index (χ2n) is 4.34. The molecule has 2 aromatic rings. The summed E-state index contributed by atoms with van der Waals surface area (Å²) in [6, 6.07) is 9.15. The van der Waals surface area contributed by atoms with E-state index in [9.17, 15) is 14.0 Å². The monoisotopic (exact) mass is 307 g/mol. The SMILES string of the molecule is C[C@H](OC(=O)CNC(=O)c1cccs1)c1ccc(F)cc1. The summed E-state index contributed by atoms with van der Waals surface area (Å²) in [6.45, 7) is 1.48. The van der Waals surface area contributed by atoms with E-state index in [1.54, 1.807) is 36.6 Å². The molecule has 1 N–H and O–H groups in total. The molecule has 1 aromatic carbocycles. The van der Waals surface area contributed by atoms with Gasteiger partial charge in [-0.05, 0) is 36.1 Å². The van der Waals surface area contributed by atoms with Gasteiger partial charge in [0.1, 0.15) is 18.5 Å². The lowest BCUT2D eigenvalue weighted by atomic mass is 10.1. The molecule has 1 atom stereocenters. The average molecular weight is 307 g/mol. The predicted octanol–water partition coefficient (Wildman–Crippen LogP) is 2.92. The van der Waals surface area contributed by atoms with Gasteiger partial charge in [0.15, 0.2) is 0 Å². The Bertz CT molecular complexity index is 610.